The zero-order valence-electron chi connectivity index (χ0n) is 11.9. The van der Waals surface area contributed by atoms with Crippen LogP contribution in [0.1, 0.15) is 19.7 Å². The van der Waals surface area contributed by atoms with Gasteiger partial charge in [-0.1, -0.05) is 13.8 Å². The number of rotatable bonds is 6. The van der Waals surface area contributed by atoms with E-state index in [1.807, 2.05) is 0 Å². The quantitative estimate of drug-likeness (QED) is 0.871. The Bertz CT molecular complexity index is 696. The lowest BCUT2D eigenvalue weighted by Crippen LogP contribution is -2.12. The van der Waals surface area contributed by atoms with Gasteiger partial charge >= 0.3 is 0 Å². The minimum atomic E-state index is -3.69. The number of methoxy groups -OCH3 is 1. The molecule has 0 aromatic carbocycles. The Morgan fingerprint density at radius 2 is 2.00 bits per heavy atom. The molecule has 0 radical (unpaired) electrons. The van der Waals surface area contributed by atoms with Crippen LogP contribution in [0.2, 0.25) is 0 Å². The number of hydrogen-bond donors (Lipinski definition) is 1. The van der Waals surface area contributed by atoms with Crippen molar-refractivity contribution in [3.05, 3.63) is 24.3 Å². The number of nitrogens with one attached hydrogen (secondary N) is 1. The van der Waals surface area contributed by atoms with Crippen molar-refractivity contribution in [1.82, 2.24) is 14.3 Å². The summed E-state index contributed by atoms with van der Waals surface area (Å²) < 4.78 is 35.5. The van der Waals surface area contributed by atoms with Gasteiger partial charge in [-0.05, 0) is 17.5 Å². The van der Waals surface area contributed by atoms with Crippen LogP contribution in [-0.2, 0) is 16.4 Å². The van der Waals surface area contributed by atoms with Gasteiger partial charge in [0.2, 0.25) is 5.88 Å². The van der Waals surface area contributed by atoms with Crippen LogP contribution < -0.4 is 9.46 Å². The molecule has 0 aliphatic heterocycles. The van der Waals surface area contributed by atoms with Crippen molar-refractivity contribution in [1.29, 1.82) is 0 Å². The van der Waals surface area contributed by atoms with E-state index >= 15 is 0 Å². The molecule has 7 nitrogen and oxygen atoms in total. The van der Waals surface area contributed by atoms with E-state index in [9.17, 15) is 8.42 Å². The molecule has 9 heteroatoms. The highest BCUT2D eigenvalue weighted by Gasteiger charge is 2.19. The average molecular weight is 328 g/mol. The van der Waals surface area contributed by atoms with Crippen molar-refractivity contribution in [2.75, 3.05) is 11.8 Å². The first-order valence-electron chi connectivity index (χ1n) is 6.25. The maximum atomic E-state index is 12.1. The van der Waals surface area contributed by atoms with Gasteiger partial charge in [-0.25, -0.2) is 18.4 Å². The minimum absolute atomic E-state index is 0.0746. The second-order valence-electron chi connectivity index (χ2n) is 4.78. The summed E-state index contributed by atoms with van der Waals surface area (Å²) in [5.41, 5.74) is 0.315. The van der Waals surface area contributed by atoms with Crippen LogP contribution in [0.15, 0.2) is 22.7 Å². The average Bonchev–Trinajstić information content (AvgIpc) is 2.90. The van der Waals surface area contributed by atoms with E-state index in [-0.39, 0.29) is 10.1 Å². The third-order valence-electron chi connectivity index (χ3n) is 2.49. The van der Waals surface area contributed by atoms with Gasteiger partial charge in [0.25, 0.3) is 10.0 Å². The van der Waals surface area contributed by atoms with Gasteiger partial charge in [0.1, 0.15) is 5.82 Å². The number of aromatic nitrogens is 3. The van der Waals surface area contributed by atoms with Crippen molar-refractivity contribution in [3.8, 4) is 5.88 Å². The molecule has 0 saturated carbocycles. The lowest BCUT2D eigenvalue weighted by Gasteiger charge is -2.06. The van der Waals surface area contributed by atoms with Gasteiger partial charge < -0.3 is 4.74 Å². The molecule has 0 spiro atoms. The monoisotopic (exact) mass is 328 g/mol. The smallest absolute Gasteiger partial charge is 0.273 e. The Hall–Kier alpha value is -1.74. The topological polar surface area (TPSA) is 94.1 Å². The molecular weight excluding hydrogens is 312 g/mol. The molecule has 0 aliphatic rings. The number of anilines is 1. The third-order valence-corrected chi connectivity index (χ3v) is 5.09. The maximum Gasteiger partial charge on any atom is 0.273 e. The van der Waals surface area contributed by atoms with E-state index < -0.39 is 10.0 Å². The van der Waals surface area contributed by atoms with Gasteiger partial charge in [0, 0.05) is 12.5 Å². The molecule has 0 aliphatic carbocycles. The van der Waals surface area contributed by atoms with Crippen LogP contribution in [-0.4, -0.2) is 29.9 Å². The van der Waals surface area contributed by atoms with Gasteiger partial charge in [0.15, 0.2) is 4.21 Å². The fraction of sp³-hybridized carbons (Fsp3) is 0.417. The Kier molecular flexibility index (Phi) is 4.73. The van der Waals surface area contributed by atoms with E-state index in [4.69, 9.17) is 4.74 Å². The fourth-order valence-corrected chi connectivity index (χ4v) is 3.41. The predicted octanol–water partition coefficient (Wildman–Crippen LogP) is 1.94. The molecule has 0 saturated heterocycles. The SMILES string of the molecule is COc1cc(S(=O)(=O)Nc2cnc(CC(C)C)nc2)sn1. The standard InChI is InChI=1S/C12H16N4O3S2/c1-8(2)4-10-13-6-9(7-14-10)16-21(17,18)12-5-11(19-3)15-20-12/h5-8,16H,4H2,1-3H3. The summed E-state index contributed by atoms with van der Waals surface area (Å²) in [7, 11) is -2.26. The number of hydrogen-bond acceptors (Lipinski definition) is 7. The number of nitrogens with zero attached hydrogens (tertiary/aromatic N) is 3. The maximum absolute atomic E-state index is 12.1. The normalized spacial score (nSPS) is 11.6. The summed E-state index contributed by atoms with van der Waals surface area (Å²) in [6, 6.07) is 1.36. The molecule has 2 heterocycles. The second kappa shape index (κ2) is 6.35. The molecule has 2 rings (SSSR count). The van der Waals surface area contributed by atoms with Crippen molar-refractivity contribution in [2.24, 2.45) is 5.92 Å². The zero-order chi connectivity index (χ0) is 15.5. The molecule has 0 amide bonds. The van der Waals surface area contributed by atoms with Crippen LogP contribution in [0.3, 0.4) is 0 Å². The summed E-state index contributed by atoms with van der Waals surface area (Å²) in [5, 5.41) is 0. The molecule has 0 fully saturated rings. The Labute approximate surface area is 127 Å². The molecule has 114 valence electrons. The Morgan fingerprint density at radius 1 is 1.33 bits per heavy atom. The summed E-state index contributed by atoms with van der Waals surface area (Å²) in [6.45, 7) is 4.13. The van der Waals surface area contributed by atoms with E-state index in [0.717, 1.165) is 18.0 Å². The van der Waals surface area contributed by atoms with Crippen molar-refractivity contribution in [2.45, 2.75) is 24.5 Å². The molecule has 0 unspecified atom stereocenters. The van der Waals surface area contributed by atoms with E-state index in [1.54, 1.807) is 0 Å². The van der Waals surface area contributed by atoms with Gasteiger partial charge in [0.05, 0.1) is 25.2 Å². The molecule has 0 bridgehead atoms. The lowest BCUT2D eigenvalue weighted by atomic mass is 10.1. The molecule has 1 N–H and O–H groups in total. The van der Waals surface area contributed by atoms with Crippen molar-refractivity contribution >= 4 is 27.2 Å². The molecule has 2 aromatic rings. The third kappa shape index (κ3) is 4.11. The van der Waals surface area contributed by atoms with Gasteiger partial charge in [-0.2, -0.15) is 4.37 Å². The molecule has 0 atom stereocenters. The summed E-state index contributed by atoms with van der Waals surface area (Å²) >= 11 is 0.846. The van der Waals surface area contributed by atoms with E-state index in [1.165, 1.54) is 25.6 Å². The zero-order valence-corrected chi connectivity index (χ0v) is 13.5. The first-order valence-corrected chi connectivity index (χ1v) is 8.51. The van der Waals surface area contributed by atoms with Crippen LogP contribution in [0, 0.1) is 5.92 Å². The van der Waals surface area contributed by atoms with Gasteiger partial charge in [-0.3, -0.25) is 4.72 Å². The number of sulfonamides is 1. The van der Waals surface area contributed by atoms with Crippen molar-refractivity contribution < 1.29 is 13.2 Å². The largest absolute Gasteiger partial charge is 0.480 e. The van der Waals surface area contributed by atoms with E-state index in [0.29, 0.717) is 17.4 Å². The highest BCUT2D eigenvalue weighted by atomic mass is 32.2. The number of ether oxygens (including phenoxy) is 1. The predicted molar refractivity (Wildman–Crippen MR) is 80.0 cm³/mol. The van der Waals surface area contributed by atoms with Crippen LogP contribution in [0.4, 0.5) is 5.69 Å². The highest BCUT2D eigenvalue weighted by molar-refractivity contribution is 7.94. The summed E-state index contributed by atoms with van der Waals surface area (Å²) in [4.78, 5) is 8.29. The van der Waals surface area contributed by atoms with E-state index in [2.05, 4.69) is 32.9 Å². The highest BCUT2D eigenvalue weighted by Crippen LogP contribution is 2.23. The van der Waals surface area contributed by atoms with Crippen molar-refractivity contribution in [3.63, 3.8) is 0 Å². The second-order valence-corrected chi connectivity index (χ2v) is 7.49. The van der Waals surface area contributed by atoms with Crippen LogP contribution >= 0.6 is 11.5 Å². The van der Waals surface area contributed by atoms with Crippen LogP contribution in [0.5, 0.6) is 5.88 Å². The summed E-state index contributed by atoms with van der Waals surface area (Å²) in [5.74, 6) is 1.40. The van der Waals surface area contributed by atoms with Crippen LogP contribution in [0.25, 0.3) is 0 Å². The lowest BCUT2D eigenvalue weighted by molar-refractivity contribution is 0.402. The first-order chi connectivity index (χ1) is 9.90. The fourth-order valence-electron chi connectivity index (χ4n) is 1.55. The van der Waals surface area contributed by atoms with Gasteiger partial charge in [-0.15, -0.1) is 0 Å². The molecule has 21 heavy (non-hydrogen) atoms. The molecule has 2 aromatic heterocycles. The Morgan fingerprint density at radius 3 is 2.52 bits per heavy atom. The Balaban J connectivity index is 2.13. The first kappa shape index (κ1) is 15.6. The molecular formula is C12H16N4O3S2. The minimum Gasteiger partial charge on any atom is -0.480 e. The summed E-state index contributed by atoms with van der Waals surface area (Å²) in [6.07, 6.45) is 3.67.